The van der Waals surface area contributed by atoms with Crippen LogP contribution in [0.1, 0.15) is 11.4 Å². The molecule has 0 radical (unpaired) electrons. The van der Waals surface area contributed by atoms with Crippen LogP contribution in [0.15, 0.2) is 4.47 Å². The van der Waals surface area contributed by atoms with Gasteiger partial charge < -0.3 is 10.5 Å². The number of ether oxygens (including phenoxy) is 1. The molecule has 2 heterocycles. The van der Waals surface area contributed by atoms with Gasteiger partial charge in [0.2, 0.25) is 0 Å². The van der Waals surface area contributed by atoms with E-state index < -0.39 is 0 Å². The molecule has 1 saturated heterocycles. The van der Waals surface area contributed by atoms with Crippen molar-refractivity contribution in [3.63, 3.8) is 0 Å². The van der Waals surface area contributed by atoms with Gasteiger partial charge in [-0.15, -0.1) is 0 Å². The van der Waals surface area contributed by atoms with Crippen molar-refractivity contribution >= 4 is 15.9 Å². The Kier molecular flexibility index (Phi) is 4.19. The molecule has 5 nitrogen and oxygen atoms in total. The number of aryl methyl sites for hydroxylation is 2. The summed E-state index contributed by atoms with van der Waals surface area (Å²) in [6.45, 7) is 5.94. The van der Waals surface area contributed by atoms with E-state index in [2.05, 4.69) is 25.9 Å². The van der Waals surface area contributed by atoms with Crippen LogP contribution in [0.4, 0.5) is 0 Å². The van der Waals surface area contributed by atoms with Crippen LogP contribution < -0.4 is 5.73 Å². The molecule has 1 aromatic heterocycles. The average Bonchev–Trinajstić information content (AvgIpc) is 2.57. The van der Waals surface area contributed by atoms with Gasteiger partial charge in [-0.1, -0.05) is 0 Å². The molecular weight excluding hydrogens is 284 g/mol. The third-order valence-corrected chi connectivity index (χ3v) is 4.27. The standard InChI is InChI=1S/C11H19BrN4O/c1-8-11(12)10(15(2)14-8)6-16-3-4-17-7-9(16)5-13/h9H,3-7,13H2,1-2H3. The summed E-state index contributed by atoms with van der Waals surface area (Å²) in [4.78, 5) is 2.37. The Morgan fingerprint density at radius 2 is 2.35 bits per heavy atom. The van der Waals surface area contributed by atoms with Crippen molar-refractivity contribution < 1.29 is 4.74 Å². The summed E-state index contributed by atoms with van der Waals surface area (Å²) >= 11 is 3.60. The predicted octanol–water partition coefficient (Wildman–Crippen LogP) is 0.651. The molecule has 17 heavy (non-hydrogen) atoms. The largest absolute Gasteiger partial charge is 0.378 e. The molecule has 2 N–H and O–H groups in total. The minimum atomic E-state index is 0.311. The van der Waals surface area contributed by atoms with Crippen molar-refractivity contribution in [1.29, 1.82) is 0 Å². The Morgan fingerprint density at radius 3 is 2.94 bits per heavy atom. The highest BCUT2D eigenvalue weighted by molar-refractivity contribution is 9.10. The van der Waals surface area contributed by atoms with Gasteiger partial charge in [-0.05, 0) is 22.9 Å². The van der Waals surface area contributed by atoms with E-state index in [1.807, 2.05) is 18.7 Å². The molecule has 0 aromatic carbocycles. The molecular formula is C11H19BrN4O. The van der Waals surface area contributed by atoms with Gasteiger partial charge in [0.1, 0.15) is 0 Å². The van der Waals surface area contributed by atoms with E-state index in [1.54, 1.807) is 0 Å². The lowest BCUT2D eigenvalue weighted by Gasteiger charge is -2.34. The maximum absolute atomic E-state index is 5.77. The quantitative estimate of drug-likeness (QED) is 0.891. The van der Waals surface area contributed by atoms with Crippen LogP contribution in [0.25, 0.3) is 0 Å². The fraction of sp³-hybridized carbons (Fsp3) is 0.727. The third-order valence-electron chi connectivity index (χ3n) is 3.24. The Morgan fingerprint density at radius 1 is 1.59 bits per heavy atom. The van der Waals surface area contributed by atoms with Crippen LogP contribution in [0.5, 0.6) is 0 Å². The van der Waals surface area contributed by atoms with Crippen molar-refractivity contribution in [3.05, 3.63) is 15.9 Å². The number of hydrogen-bond donors (Lipinski definition) is 1. The molecule has 1 aliphatic rings. The number of halogens is 1. The fourth-order valence-corrected chi connectivity index (χ4v) is 2.62. The summed E-state index contributed by atoms with van der Waals surface area (Å²) in [6, 6.07) is 0.311. The van der Waals surface area contributed by atoms with Gasteiger partial charge in [0.05, 0.1) is 29.1 Å². The fourth-order valence-electron chi connectivity index (χ4n) is 2.16. The van der Waals surface area contributed by atoms with Crippen LogP contribution >= 0.6 is 15.9 Å². The summed E-state index contributed by atoms with van der Waals surface area (Å²) in [7, 11) is 1.98. The van der Waals surface area contributed by atoms with Gasteiger partial charge in [0.15, 0.2) is 0 Å². The van der Waals surface area contributed by atoms with Crippen molar-refractivity contribution in [2.24, 2.45) is 12.8 Å². The molecule has 1 aliphatic heterocycles. The lowest BCUT2D eigenvalue weighted by Crippen LogP contribution is -2.48. The average molecular weight is 303 g/mol. The highest BCUT2D eigenvalue weighted by Crippen LogP contribution is 2.22. The molecule has 96 valence electrons. The molecule has 0 bridgehead atoms. The first kappa shape index (κ1) is 13.0. The number of morpholine rings is 1. The van der Waals surface area contributed by atoms with E-state index in [0.717, 1.165) is 36.5 Å². The van der Waals surface area contributed by atoms with Gasteiger partial charge in [-0.3, -0.25) is 9.58 Å². The second kappa shape index (κ2) is 5.48. The smallest absolute Gasteiger partial charge is 0.0739 e. The van der Waals surface area contributed by atoms with Crippen LogP contribution in [-0.4, -0.2) is 47.0 Å². The molecule has 0 amide bonds. The highest BCUT2D eigenvalue weighted by atomic mass is 79.9. The Balaban J connectivity index is 2.13. The molecule has 2 rings (SSSR count). The van der Waals surface area contributed by atoms with Crippen molar-refractivity contribution in [1.82, 2.24) is 14.7 Å². The maximum Gasteiger partial charge on any atom is 0.0739 e. The number of aromatic nitrogens is 2. The highest BCUT2D eigenvalue weighted by Gasteiger charge is 2.24. The minimum absolute atomic E-state index is 0.311. The van der Waals surface area contributed by atoms with Crippen LogP contribution in [0.2, 0.25) is 0 Å². The van der Waals surface area contributed by atoms with E-state index in [-0.39, 0.29) is 0 Å². The zero-order chi connectivity index (χ0) is 12.4. The molecule has 6 heteroatoms. The van der Waals surface area contributed by atoms with Gasteiger partial charge >= 0.3 is 0 Å². The second-order valence-corrected chi connectivity index (χ2v) is 5.20. The number of nitrogens with zero attached hydrogens (tertiary/aromatic N) is 3. The SMILES string of the molecule is Cc1nn(C)c(CN2CCOCC2CN)c1Br. The van der Waals surface area contributed by atoms with Crippen LogP contribution in [0.3, 0.4) is 0 Å². The molecule has 1 atom stereocenters. The van der Waals surface area contributed by atoms with E-state index >= 15 is 0 Å². The van der Waals surface area contributed by atoms with E-state index in [4.69, 9.17) is 10.5 Å². The van der Waals surface area contributed by atoms with Gasteiger partial charge in [-0.2, -0.15) is 5.10 Å². The Bertz CT molecular complexity index is 393. The first-order valence-corrected chi connectivity index (χ1v) is 6.62. The molecule has 1 aromatic rings. The summed E-state index contributed by atoms with van der Waals surface area (Å²) in [5, 5.41) is 4.41. The van der Waals surface area contributed by atoms with Gasteiger partial charge in [0.25, 0.3) is 0 Å². The first-order chi connectivity index (χ1) is 8.13. The lowest BCUT2D eigenvalue weighted by atomic mass is 10.2. The number of nitrogens with two attached hydrogens (primary N) is 1. The Hall–Kier alpha value is -0.430. The lowest BCUT2D eigenvalue weighted by molar-refractivity contribution is -0.00901. The van der Waals surface area contributed by atoms with Crippen molar-refractivity contribution in [2.75, 3.05) is 26.3 Å². The molecule has 0 aliphatic carbocycles. The molecule has 1 unspecified atom stereocenters. The zero-order valence-electron chi connectivity index (χ0n) is 10.3. The maximum atomic E-state index is 5.77. The minimum Gasteiger partial charge on any atom is -0.378 e. The first-order valence-electron chi connectivity index (χ1n) is 5.83. The second-order valence-electron chi connectivity index (χ2n) is 4.40. The summed E-state index contributed by atoms with van der Waals surface area (Å²) < 4.78 is 8.48. The van der Waals surface area contributed by atoms with Crippen molar-refractivity contribution in [2.45, 2.75) is 19.5 Å². The number of rotatable bonds is 3. The molecule has 1 fully saturated rings. The summed E-state index contributed by atoms with van der Waals surface area (Å²) in [5.74, 6) is 0. The van der Waals surface area contributed by atoms with E-state index in [1.165, 1.54) is 5.69 Å². The number of hydrogen-bond acceptors (Lipinski definition) is 4. The topological polar surface area (TPSA) is 56.3 Å². The Labute approximate surface area is 110 Å². The molecule has 0 spiro atoms. The van der Waals surface area contributed by atoms with Gasteiger partial charge in [-0.25, -0.2) is 0 Å². The van der Waals surface area contributed by atoms with Crippen LogP contribution in [0, 0.1) is 6.92 Å². The van der Waals surface area contributed by atoms with Crippen molar-refractivity contribution in [3.8, 4) is 0 Å². The zero-order valence-corrected chi connectivity index (χ0v) is 11.9. The predicted molar refractivity (Wildman–Crippen MR) is 69.7 cm³/mol. The normalized spacial score (nSPS) is 22.0. The monoisotopic (exact) mass is 302 g/mol. The third kappa shape index (κ3) is 2.70. The van der Waals surface area contributed by atoms with E-state index in [9.17, 15) is 0 Å². The summed E-state index contributed by atoms with van der Waals surface area (Å²) in [6.07, 6.45) is 0. The van der Waals surface area contributed by atoms with Gasteiger partial charge in [0, 0.05) is 32.7 Å². The van der Waals surface area contributed by atoms with E-state index in [0.29, 0.717) is 12.6 Å². The molecule has 0 saturated carbocycles. The van der Waals surface area contributed by atoms with Crippen LogP contribution in [-0.2, 0) is 18.3 Å². The summed E-state index contributed by atoms with van der Waals surface area (Å²) in [5.41, 5.74) is 8.00.